The van der Waals surface area contributed by atoms with Crippen LogP contribution in [0.4, 0.5) is 0 Å². The van der Waals surface area contributed by atoms with Crippen molar-refractivity contribution < 1.29 is 19.0 Å². The second-order valence-electron chi connectivity index (χ2n) is 4.51. The van der Waals surface area contributed by atoms with Crippen LogP contribution >= 0.6 is 38.5 Å². The fourth-order valence-corrected chi connectivity index (χ4v) is 2.58. The summed E-state index contributed by atoms with van der Waals surface area (Å²) in [4.78, 5) is 12.3. The monoisotopic (exact) mass is 488 g/mol. The minimum Gasteiger partial charge on any atom is -0.468 e. The van der Waals surface area contributed by atoms with Crippen molar-refractivity contribution in [2.24, 2.45) is 0 Å². The van der Waals surface area contributed by atoms with Gasteiger partial charge >= 0.3 is 5.97 Å². The van der Waals surface area contributed by atoms with Crippen LogP contribution in [0.15, 0.2) is 49.0 Å². The molecule has 23 heavy (non-hydrogen) atoms. The molecule has 120 valence electrons. The highest BCUT2D eigenvalue weighted by Gasteiger charge is 2.13. The lowest BCUT2D eigenvalue weighted by atomic mass is 10.2. The molecule has 0 heterocycles. The zero-order valence-corrected chi connectivity index (χ0v) is 16.1. The zero-order chi connectivity index (χ0) is 16.8. The van der Waals surface area contributed by atoms with Gasteiger partial charge in [-0.25, -0.2) is 4.79 Å². The van der Waals surface area contributed by atoms with Crippen LogP contribution in [0.25, 0.3) is 4.48 Å². The molecule has 0 fully saturated rings. The van der Waals surface area contributed by atoms with E-state index in [1.165, 1.54) is 0 Å². The summed E-state index contributed by atoms with van der Waals surface area (Å²) in [7, 11) is 1.54. The Morgan fingerprint density at radius 3 is 2.52 bits per heavy atom. The first-order valence-corrected chi connectivity index (χ1v) is 8.46. The molecule has 0 aliphatic heterocycles. The molecule has 0 saturated carbocycles. The van der Waals surface area contributed by atoms with E-state index in [1.54, 1.807) is 37.4 Å². The predicted octanol–water partition coefficient (Wildman–Crippen LogP) is 4.86. The lowest BCUT2D eigenvalue weighted by Gasteiger charge is -2.10. The van der Waals surface area contributed by atoms with Gasteiger partial charge in [0.1, 0.15) is 11.5 Å². The van der Waals surface area contributed by atoms with Crippen molar-refractivity contribution in [1.29, 1.82) is 0 Å². The van der Waals surface area contributed by atoms with E-state index in [-0.39, 0.29) is 6.79 Å². The molecule has 0 bridgehead atoms. The van der Waals surface area contributed by atoms with Gasteiger partial charge in [-0.2, -0.15) is 0 Å². The van der Waals surface area contributed by atoms with Crippen LogP contribution in [-0.2, 0) is 4.74 Å². The summed E-state index contributed by atoms with van der Waals surface area (Å²) >= 11 is 5.52. The SMILES string of the molecule is C=C(Br)c1cc(I)ccc1OC(=O)c1ccc(OCOC)cc1. The van der Waals surface area contributed by atoms with Crippen molar-refractivity contribution in [3.8, 4) is 11.5 Å². The number of hydrogen-bond acceptors (Lipinski definition) is 4. The topological polar surface area (TPSA) is 44.8 Å². The summed E-state index contributed by atoms with van der Waals surface area (Å²) in [5, 5.41) is 0. The van der Waals surface area contributed by atoms with Crippen molar-refractivity contribution in [3.05, 3.63) is 63.7 Å². The number of rotatable bonds is 6. The molecule has 4 nitrogen and oxygen atoms in total. The van der Waals surface area contributed by atoms with Crippen molar-refractivity contribution in [2.45, 2.75) is 0 Å². The van der Waals surface area contributed by atoms with E-state index in [0.29, 0.717) is 21.5 Å². The fraction of sp³-hybridized carbons (Fsp3) is 0.118. The third-order valence-corrected chi connectivity index (χ3v) is 3.97. The number of ether oxygens (including phenoxy) is 3. The molecule has 0 aliphatic carbocycles. The molecule has 6 heteroatoms. The molecular weight excluding hydrogens is 475 g/mol. The Labute approximate surface area is 156 Å². The summed E-state index contributed by atoms with van der Waals surface area (Å²) in [5.41, 5.74) is 1.17. The number of halogens is 2. The van der Waals surface area contributed by atoms with Crippen molar-refractivity contribution in [1.82, 2.24) is 0 Å². The van der Waals surface area contributed by atoms with Crippen LogP contribution in [0.5, 0.6) is 11.5 Å². The summed E-state index contributed by atoms with van der Waals surface area (Å²) in [5.74, 6) is 0.628. The highest BCUT2D eigenvalue weighted by Crippen LogP contribution is 2.31. The molecule has 0 aromatic heterocycles. The van der Waals surface area contributed by atoms with Gasteiger partial charge in [0, 0.05) is 20.7 Å². The van der Waals surface area contributed by atoms with Gasteiger partial charge in [-0.3, -0.25) is 0 Å². The number of esters is 1. The molecule has 0 N–H and O–H groups in total. The van der Waals surface area contributed by atoms with E-state index in [9.17, 15) is 4.79 Å². The zero-order valence-electron chi connectivity index (χ0n) is 12.3. The predicted molar refractivity (Wildman–Crippen MR) is 101 cm³/mol. The molecule has 0 aliphatic rings. The number of hydrogen-bond donors (Lipinski definition) is 0. The molecule has 0 amide bonds. The fourth-order valence-electron chi connectivity index (χ4n) is 1.78. The average Bonchev–Trinajstić information content (AvgIpc) is 2.54. The number of carbonyl (C=O) groups excluding carboxylic acids is 1. The van der Waals surface area contributed by atoms with E-state index >= 15 is 0 Å². The van der Waals surface area contributed by atoms with Crippen LogP contribution in [0, 0.1) is 3.57 Å². The second kappa shape index (κ2) is 8.47. The van der Waals surface area contributed by atoms with Crippen LogP contribution in [-0.4, -0.2) is 19.9 Å². The lowest BCUT2D eigenvalue weighted by molar-refractivity contribution is 0.0511. The molecule has 2 aromatic carbocycles. The Bertz CT molecular complexity index is 713. The number of benzene rings is 2. The van der Waals surface area contributed by atoms with Crippen LogP contribution < -0.4 is 9.47 Å². The van der Waals surface area contributed by atoms with E-state index in [2.05, 4.69) is 45.1 Å². The Kier molecular flexibility index (Phi) is 6.61. The average molecular weight is 489 g/mol. The maximum absolute atomic E-state index is 12.3. The normalized spacial score (nSPS) is 10.2. The molecule has 2 aromatic rings. The first-order chi connectivity index (χ1) is 11.0. The third-order valence-electron chi connectivity index (χ3n) is 2.87. The van der Waals surface area contributed by atoms with Gasteiger partial charge in [-0.15, -0.1) is 0 Å². The molecule has 0 radical (unpaired) electrons. The maximum Gasteiger partial charge on any atom is 0.343 e. The van der Waals surface area contributed by atoms with Gasteiger partial charge in [0.05, 0.1) is 5.56 Å². The summed E-state index contributed by atoms with van der Waals surface area (Å²) in [6.07, 6.45) is 0. The van der Waals surface area contributed by atoms with Gasteiger partial charge in [-0.05, 0) is 65.1 Å². The Hall–Kier alpha value is -1.38. The van der Waals surface area contributed by atoms with E-state index in [1.807, 2.05) is 12.1 Å². The summed E-state index contributed by atoms with van der Waals surface area (Å²) < 4.78 is 17.3. The third kappa shape index (κ3) is 5.05. The van der Waals surface area contributed by atoms with Gasteiger partial charge in [0.15, 0.2) is 6.79 Å². The minimum absolute atomic E-state index is 0.156. The van der Waals surface area contributed by atoms with Gasteiger partial charge in [-0.1, -0.05) is 22.5 Å². The minimum atomic E-state index is -0.445. The molecule has 0 atom stereocenters. The van der Waals surface area contributed by atoms with Crippen LogP contribution in [0.2, 0.25) is 0 Å². The lowest BCUT2D eigenvalue weighted by Crippen LogP contribution is -2.09. The first-order valence-electron chi connectivity index (χ1n) is 6.59. The van der Waals surface area contributed by atoms with Crippen molar-refractivity contribution in [3.63, 3.8) is 0 Å². The highest BCUT2D eigenvalue weighted by molar-refractivity contribution is 14.1. The highest BCUT2D eigenvalue weighted by atomic mass is 127. The Morgan fingerprint density at radius 2 is 1.91 bits per heavy atom. The Morgan fingerprint density at radius 1 is 1.22 bits per heavy atom. The van der Waals surface area contributed by atoms with E-state index in [0.717, 1.165) is 9.13 Å². The van der Waals surface area contributed by atoms with E-state index in [4.69, 9.17) is 14.2 Å². The molecule has 2 rings (SSSR count). The number of methoxy groups -OCH3 is 1. The number of carbonyl (C=O) groups is 1. The maximum atomic E-state index is 12.3. The molecule has 0 saturated heterocycles. The van der Waals surface area contributed by atoms with Crippen LogP contribution in [0.1, 0.15) is 15.9 Å². The smallest absolute Gasteiger partial charge is 0.343 e. The van der Waals surface area contributed by atoms with Crippen LogP contribution in [0.3, 0.4) is 0 Å². The summed E-state index contributed by atoms with van der Waals surface area (Å²) in [6, 6.07) is 12.2. The Balaban J connectivity index is 2.14. The first kappa shape index (κ1) is 18.0. The molecule has 0 unspecified atom stereocenters. The van der Waals surface area contributed by atoms with Gasteiger partial charge < -0.3 is 14.2 Å². The van der Waals surface area contributed by atoms with Crippen molar-refractivity contribution in [2.75, 3.05) is 13.9 Å². The van der Waals surface area contributed by atoms with Gasteiger partial charge in [0.2, 0.25) is 0 Å². The second-order valence-corrected chi connectivity index (χ2v) is 6.71. The summed E-state index contributed by atoms with van der Waals surface area (Å²) in [6.45, 7) is 4.00. The molecular formula is C17H14BrIO4. The standard InChI is InChI=1S/C17H14BrIO4/c1-11(18)15-9-13(19)5-8-16(15)23-17(20)12-3-6-14(7-4-12)22-10-21-2/h3-9H,1,10H2,2H3. The van der Waals surface area contributed by atoms with E-state index < -0.39 is 5.97 Å². The van der Waals surface area contributed by atoms with Gasteiger partial charge in [0.25, 0.3) is 0 Å². The molecule has 0 spiro atoms. The largest absolute Gasteiger partial charge is 0.468 e. The van der Waals surface area contributed by atoms with Crippen molar-refractivity contribution >= 4 is 49.0 Å². The quantitative estimate of drug-likeness (QED) is 0.252.